The van der Waals surface area contributed by atoms with Crippen LogP contribution in [0.4, 0.5) is 11.4 Å². The summed E-state index contributed by atoms with van der Waals surface area (Å²) < 4.78 is 12.1. The van der Waals surface area contributed by atoms with Crippen molar-refractivity contribution in [3.8, 4) is 11.5 Å². The van der Waals surface area contributed by atoms with Crippen LogP contribution in [0, 0.1) is 6.92 Å². The quantitative estimate of drug-likeness (QED) is 0.427. The lowest BCUT2D eigenvalue weighted by atomic mass is 10.2. The average molecular weight is 314 g/mol. The van der Waals surface area contributed by atoms with E-state index in [1.807, 2.05) is 49.4 Å². The van der Waals surface area contributed by atoms with Gasteiger partial charge in [-0.05, 0) is 49.7 Å². The van der Waals surface area contributed by atoms with E-state index >= 15 is 0 Å². The summed E-state index contributed by atoms with van der Waals surface area (Å²) in [5.41, 5.74) is 14.0. The zero-order valence-corrected chi connectivity index (χ0v) is 13.9. The monoisotopic (exact) mass is 314 g/mol. The van der Waals surface area contributed by atoms with Gasteiger partial charge in [-0.25, -0.2) is 0 Å². The molecule has 4 N–H and O–H groups in total. The Bertz CT molecular complexity index is 611. The van der Waals surface area contributed by atoms with Crippen LogP contribution in [-0.4, -0.2) is 6.29 Å². The predicted molar refractivity (Wildman–Crippen MR) is 95.6 cm³/mol. The molecule has 4 heteroatoms. The Morgan fingerprint density at radius 2 is 1.70 bits per heavy atom. The molecule has 0 aromatic heterocycles. The van der Waals surface area contributed by atoms with Crippen molar-refractivity contribution in [3.63, 3.8) is 0 Å². The standard InChI is InChI=1S/C19H26N2O2/c1-3-4-5-9-19(22-16-12-10-15(20)11-13-16)23-18-8-6-7-17(21)14(18)2/h6-8,10-13,19H,3-5,9,20-21H2,1-2H3. The van der Waals surface area contributed by atoms with Crippen molar-refractivity contribution in [1.29, 1.82) is 0 Å². The highest BCUT2D eigenvalue weighted by Gasteiger charge is 2.14. The van der Waals surface area contributed by atoms with Gasteiger partial charge in [-0.3, -0.25) is 0 Å². The molecule has 1 unspecified atom stereocenters. The van der Waals surface area contributed by atoms with Crippen LogP contribution in [0.2, 0.25) is 0 Å². The Hall–Kier alpha value is -2.36. The highest BCUT2D eigenvalue weighted by Crippen LogP contribution is 2.26. The topological polar surface area (TPSA) is 70.5 Å². The maximum Gasteiger partial charge on any atom is 0.241 e. The molecule has 124 valence electrons. The molecule has 1 atom stereocenters. The normalized spacial score (nSPS) is 11.9. The molecule has 0 heterocycles. The van der Waals surface area contributed by atoms with Crippen LogP contribution in [-0.2, 0) is 0 Å². The molecule has 0 spiro atoms. The van der Waals surface area contributed by atoms with E-state index in [9.17, 15) is 0 Å². The molecule has 4 nitrogen and oxygen atoms in total. The number of hydrogen-bond donors (Lipinski definition) is 2. The van der Waals surface area contributed by atoms with E-state index in [-0.39, 0.29) is 6.29 Å². The Morgan fingerprint density at radius 3 is 2.39 bits per heavy atom. The largest absolute Gasteiger partial charge is 0.455 e. The van der Waals surface area contributed by atoms with Crippen molar-refractivity contribution in [1.82, 2.24) is 0 Å². The van der Waals surface area contributed by atoms with Crippen molar-refractivity contribution < 1.29 is 9.47 Å². The lowest BCUT2D eigenvalue weighted by Crippen LogP contribution is -2.24. The number of nitrogens with two attached hydrogens (primary N) is 2. The maximum absolute atomic E-state index is 6.07. The highest BCUT2D eigenvalue weighted by molar-refractivity contribution is 5.53. The van der Waals surface area contributed by atoms with Gasteiger partial charge < -0.3 is 20.9 Å². The highest BCUT2D eigenvalue weighted by atomic mass is 16.7. The summed E-state index contributed by atoms with van der Waals surface area (Å²) in [6, 6.07) is 13.0. The number of hydrogen-bond acceptors (Lipinski definition) is 4. The first kappa shape index (κ1) is 17.0. The van der Waals surface area contributed by atoms with E-state index in [1.165, 1.54) is 0 Å². The Balaban J connectivity index is 2.09. The summed E-state index contributed by atoms with van der Waals surface area (Å²) in [6.45, 7) is 4.13. The van der Waals surface area contributed by atoms with Crippen LogP contribution < -0.4 is 20.9 Å². The van der Waals surface area contributed by atoms with Crippen LogP contribution in [0.1, 0.15) is 38.2 Å². The molecule has 0 saturated carbocycles. The third-order valence-corrected chi connectivity index (χ3v) is 3.78. The summed E-state index contributed by atoms with van der Waals surface area (Å²) >= 11 is 0. The van der Waals surface area contributed by atoms with E-state index in [0.717, 1.165) is 48.4 Å². The number of nitrogen functional groups attached to an aromatic ring is 2. The molecule has 0 fully saturated rings. The zero-order chi connectivity index (χ0) is 16.7. The fourth-order valence-electron chi connectivity index (χ4n) is 2.30. The Morgan fingerprint density at radius 1 is 0.957 bits per heavy atom. The minimum absolute atomic E-state index is 0.342. The summed E-state index contributed by atoms with van der Waals surface area (Å²) in [5, 5.41) is 0. The molecule has 23 heavy (non-hydrogen) atoms. The molecule has 2 aromatic carbocycles. The third kappa shape index (κ3) is 5.09. The molecule has 2 aromatic rings. The fourth-order valence-corrected chi connectivity index (χ4v) is 2.30. The molecule has 0 aliphatic carbocycles. The first-order chi connectivity index (χ1) is 11.1. The summed E-state index contributed by atoms with van der Waals surface area (Å²) in [4.78, 5) is 0. The van der Waals surface area contributed by atoms with Crippen LogP contribution in [0.3, 0.4) is 0 Å². The number of ether oxygens (including phenoxy) is 2. The van der Waals surface area contributed by atoms with Gasteiger partial charge in [0.1, 0.15) is 11.5 Å². The molecular formula is C19H26N2O2. The van der Waals surface area contributed by atoms with Gasteiger partial charge in [0, 0.05) is 23.4 Å². The molecule has 0 saturated heterocycles. The van der Waals surface area contributed by atoms with Crippen LogP contribution in [0.15, 0.2) is 42.5 Å². The SMILES string of the molecule is CCCCCC(Oc1ccc(N)cc1)Oc1cccc(N)c1C. The second kappa shape index (κ2) is 8.32. The van der Waals surface area contributed by atoms with Gasteiger partial charge in [-0.1, -0.05) is 25.8 Å². The number of rotatable bonds is 8. The van der Waals surface area contributed by atoms with Gasteiger partial charge in [0.2, 0.25) is 6.29 Å². The Kier molecular flexibility index (Phi) is 6.15. The lowest BCUT2D eigenvalue weighted by Gasteiger charge is -2.22. The second-order valence-electron chi connectivity index (χ2n) is 5.70. The Labute approximate surface area is 138 Å². The number of benzene rings is 2. The van der Waals surface area contributed by atoms with E-state index in [1.54, 1.807) is 0 Å². The van der Waals surface area contributed by atoms with E-state index < -0.39 is 0 Å². The summed E-state index contributed by atoms with van der Waals surface area (Å²) in [7, 11) is 0. The van der Waals surface area contributed by atoms with Crippen molar-refractivity contribution in [3.05, 3.63) is 48.0 Å². The van der Waals surface area contributed by atoms with Crippen molar-refractivity contribution in [2.75, 3.05) is 11.5 Å². The molecule has 0 aliphatic rings. The van der Waals surface area contributed by atoms with E-state index in [4.69, 9.17) is 20.9 Å². The van der Waals surface area contributed by atoms with E-state index in [2.05, 4.69) is 6.92 Å². The van der Waals surface area contributed by atoms with Gasteiger partial charge >= 0.3 is 0 Å². The van der Waals surface area contributed by atoms with Gasteiger partial charge in [0.15, 0.2) is 0 Å². The minimum atomic E-state index is -0.342. The fraction of sp³-hybridized carbons (Fsp3) is 0.368. The number of unbranched alkanes of at least 4 members (excludes halogenated alkanes) is 2. The van der Waals surface area contributed by atoms with Gasteiger partial charge in [0.05, 0.1) is 0 Å². The van der Waals surface area contributed by atoms with Gasteiger partial charge in [-0.15, -0.1) is 0 Å². The first-order valence-corrected chi connectivity index (χ1v) is 8.14. The lowest BCUT2D eigenvalue weighted by molar-refractivity contribution is -0.00279. The molecule has 0 bridgehead atoms. The van der Waals surface area contributed by atoms with Crippen LogP contribution in [0.25, 0.3) is 0 Å². The first-order valence-electron chi connectivity index (χ1n) is 8.14. The molecule has 0 amide bonds. The summed E-state index contributed by atoms with van der Waals surface area (Å²) in [6.07, 6.45) is 3.85. The third-order valence-electron chi connectivity index (χ3n) is 3.78. The van der Waals surface area contributed by atoms with Crippen LogP contribution in [0.5, 0.6) is 11.5 Å². The second-order valence-corrected chi connectivity index (χ2v) is 5.70. The smallest absolute Gasteiger partial charge is 0.241 e. The van der Waals surface area contributed by atoms with Crippen LogP contribution >= 0.6 is 0 Å². The molecular weight excluding hydrogens is 288 g/mol. The van der Waals surface area contributed by atoms with E-state index in [0.29, 0.717) is 5.69 Å². The number of anilines is 2. The zero-order valence-electron chi connectivity index (χ0n) is 13.9. The molecule has 0 aliphatic heterocycles. The van der Waals surface area contributed by atoms with Gasteiger partial charge in [0.25, 0.3) is 0 Å². The molecule has 2 rings (SSSR count). The average Bonchev–Trinajstić information content (AvgIpc) is 2.54. The van der Waals surface area contributed by atoms with Gasteiger partial charge in [-0.2, -0.15) is 0 Å². The van der Waals surface area contributed by atoms with Crippen molar-refractivity contribution in [2.45, 2.75) is 45.8 Å². The predicted octanol–water partition coefficient (Wildman–Crippen LogP) is 4.52. The maximum atomic E-state index is 6.07. The van der Waals surface area contributed by atoms with Crippen molar-refractivity contribution >= 4 is 11.4 Å². The summed E-state index contributed by atoms with van der Waals surface area (Å²) in [5.74, 6) is 1.52. The van der Waals surface area contributed by atoms with Crippen molar-refractivity contribution in [2.24, 2.45) is 0 Å². The minimum Gasteiger partial charge on any atom is -0.455 e. The molecule has 0 radical (unpaired) electrons.